The molecule has 110 valence electrons. The van der Waals surface area contributed by atoms with E-state index in [0.29, 0.717) is 11.8 Å². The highest BCUT2D eigenvalue weighted by molar-refractivity contribution is 5.43. The molecule has 3 heteroatoms. The average Bonchev–Trinajstić information content (AvgIpc) is 2.43. The van der Waals surface area contributed by atoms with Gasteiger partial charge in [-0.1, -0.05) is 13.8 Å². The molecule has 2 aliphatic rings. The molecular formula is C17H24O3. The molecular weight excluding hydrogens is 252 g/mol. The van der Waals surface area contributed by atoms with Gasteiger partial charge in [-0.2, -0.15) is 0 Å². The summed E-state index contributed by atoms with van der Waals surface area (Å²) in [6.07, 6.45) is 4.63. The van der Waals surface area contributed by atoms with Crippen LogP contribution in [-0.4, -0.2) is 17.8 Å². The Hall–Kier alpha value is -1.22. The second-order valence-electron chi connectivity index (χ2n) is 7.07. The predicted octanol–water partition coefficient (Wildman–Crippen LogP) is 3.85. The molecule has 0 unspecified atom stereocenters. The van der Waals surface area contributed by atoms with E-state index in [0.717, 1.165) is 42.7 Å². The van der Waals surface area contributed by atoms with E-state index in [2.05, 4.69) is 13.8 Å². The Bertz CT molecular complexity index is 497. The first-order valence-electron chi connectivity index (χ1n) is 7.48. The zero-order valence-electron chi connectivity index (χ0n) is 12.6. The lowest BCUT2D eigenvalue weighted by molar-refractivity contribution is -0.0576. The lowest BCUT2D eigenvalue weighted by atomic mass is 9.68. The molecule has 0 radical (unpaired) electrons. The first-order chi connectivity index (χ1) is 9.43. The SMILES string of the molecule is COc1ccc2c(c1)[C@@H](O)CC1(CCC(C)(C)CC1)O2. The molecule has 20 heavy (non-hydrogen) atoms. The van der Waals surface area contributed by atoms with Gasteiger partial charge < -0.3 is 14.6 Å². The maximum absolute atomic E-state index is 10.5. The summed E-state index contributed by atoms with van der Waals surface area (Å²) >= 11 is 0. The van der Waals surface area contributed by atoms with Gasteiger partial charge in [-0.05, 0) is 49.3 Å². The van der Waals surface area contributed by atoms with Crippen molar-refractivity contribution in [1.82, 2.24) is 0 Å². The summed E-state index contributed by atoms with van der Waals surface area (Å²) in [5, 5.41) is 10.5. The standard InChI is InChI=1S/C17H24O3/c1-16(2)6-8-17(9-7-16)11-14(18)13-10-12(19-3)4-5-15(13)20-17/h4-5,10,14,18H,6-9,11H2,1-3H3/t14-/m0/s1. The fourth-order valence-corrected chi connectivity index (χ4v) is 3.43. The third-order valence-electron chi connectivity index (χ3n) is 4.98. The van der Waals surface area contributed by atoms with Crippen LogP contribution in [-0.2, 0) is 0 Å². The minimum Gasteiger partial charge on any atom is -0.497 e. The van der Waals surface area contributed by atoms with Gasteiger partial charge in [0.1, 0.15) is 17.1 Å². The Morgan fingerprint density at radius 3 is 2.55 bits per heavy atom. The Balaban J connectivity index is 1.86. The molecule has 0 aromatic heterocycles. The van der Waals surface area contributed by atoms with Crippen molar-refractivity contribution in [1.29, 1.82) is 0 Å². The third kappa shape index (κ3) is 2.39. The third-order valence-corrected chi connectivity index (χ3v) is 4.98. The summed E-state index contributed by atoms with van der Waals surface area (Å²) in [6, 6.07) is 5.72. The van der Waals surface area contributed by atoms with E-state index in [1.165, 1.54) is 0 Å². The van der Waals surface area contributed by atoms with Crippen molar-refractivity contribution in [3.05, 3.63) is 23.8 Å². The summed E-state index contributed by atoms with van der Waals surface area (Å²) in [6.45, 7) is 4.63. The van der Waals surface area contributed by atoms with E-state index >= 15 is 0 Å². The number of ether oxygens (including phenoxy) is 2. The Morgan fingerprint density at radius 2 is 1.90 bits per heavy atom. The normalized spacial score (nSPS) is 26.7. The molecule has 1 aliphatic carbocycles. The molecule has 1 heterocycles. The smallest absolute Gasteiger partial charge is 0.126 e. The van der Waals surface area contributed by atoms with E-state index in [-0.39, 0.29) is 5.60 Å². The van der Waals surface area contributed by atoms with Gasteiger partial charge in [0, 0.05) is 12.0 Å². The Labute approximate surface area is 120 Å². The van der Waals surface area contributed by atoms with Crippen LogP contribution >= 0.6 is 0 Å². The highest BCUT2D eigenvalue weighted by Crippen LogP contribution is 2.50. The summed E-state index contributed by atoms with van der Waals surface area (Å²) in [5.74, 6) is 1.59. The Kier molecular flexibility index (Phi) is 3.20. The molecule has 1 N–H and O–H groups in total. The van der Waals surface area contributed by atoms with E-state index in [1.54, 1.807) is 7.11 Å². The largest absolute Gasteiger partial charge is 0.497 e. The van der Waals surface area contributed by atoms with Crippen molar-refractivity contribution in [3.8, 4) is 11.5 Å². The molecule has 1 fully saturated rings. The van der Waals surface area contributed by atoms with Gasteiger partial charge in [0.15, 0.2) is 0 Å². The Morgan fingerprint density at radius 1 is 1.20 bits per heavy atom. The van der Waals surface area contributed by atoms with Crippen molar-refractivity contribution in [3.63, 3.8) is 0 Å². The van der Waals surface area contributed by atoms with Crippen LogP contribution in [0.4, 0.5) is 0 Å². The van der Waals surface area contributed by atoms with Gasteiger partial charge in [0.2, 0.25) is 0 Å². The number of rotatable bonds is 1. The van der Waals surface area contributed by atoms with Crippen molar-refractivity contribution < 1.29 is 14.6 Å². The quantitative estimate of drug-likeness (QED) is 0.846. The highest BCUT2D eigenvalue weighted by atomic mass is 16.5. The second kappa shape index (κ2) is 4.66. The molecule has 1 aliphatic heterocycles. The summed E-state index contributed by atoms with van der Waals surface area (Å²) in [4.78, 5) is 0. The van der Waals surface area contributed by atoms with E-state index in [1.807, 2.05) is 18.2 Å². The number of hydrogen-bond donors (Lipinski definition) is 1. The summed E-state index contributed by atoms with van der Waals surface area (Å²) < 4.78 is 11.5. The molecule has 1 saturated carbocycles. The van der Waals surface area contributed by atoms with Crippen LogP contribution in [0.15, 0.2) is 18.2 Å². The lowest BCUT2D eigenvalue weighted by Gasteiger charge is -2.47. The molecule has 1 atom stereocenters. The number of benzene rings is 1. The zero-order chi connectivity index (χ0) is 14.4. The molecule has 1 spiro atoms. The van der Waals surface area contributed by atoms with Crippen LogP contribution < -0.4 is 9.47 Å². The number of methoxy groups -OCH3 is 1. The fraction of sp³-hybridized carbons (Fsp3) is 0.647. The first-order valence-corrected chi connectivity index (χ1v) is 7.48. The molecule has 0 amide bonds. The minimum absolute atomic E-state index is 0.170. The molecule has 3 rings (SSSR count). The van der Waals surface area contributed by atoms with Crippen molar-refractivity contribution in [2.24, 2.45) is 5.41 Å². The topological polar surface area (TPSA) is 38.7 Å². The zero-order valence-corrected chi connectivity index (χ0v) is 12.6. The van der Waals surface area contributed by atoms with Gasteiger partial charge in [0.25, 0.3) is 0 Å². The molecule has 1 aromatic rings. The first kappa shape index (κ1) is 13.7. The maximum Gasteiger partial charge on any atom is 0.126 e. The van der Waals surface area contributed by atoms with Crippen LogP contribution in [0.5, 0.6) is 11.5 Å². The number of hydrogen-bond acceptors (Lipinski definition) is 3. The number of aliphatic hydroxyl groups is 1. The average molecular weight is 276 g/mol. The summed E-state index contributed by atoms with van der Waals surface area (Å²) in [5.41, 5.74) is 1.09. The highest BCUT2D eigenvalue weighted by Gasteiger charge is 2.44. The van der Waals surface area contributed by atoms with E-state index in [4.69, 9.17) is 9.47 Å². The number of fused-ring (bicyclic) bond motifs is 1. The molecule has 3 nitrogen and oxygen atoms in total. The number of aliphatic hydroxyl groups excluding tert-OH is 1. The summed E-state index contributed by atoms with van der Waals surface area (Å²) in [7, 11) is 1.64. The van der Waals surface area contributed by atoms with Crippen LogP contribution in [0, 0.1) is 5.41 Å². The predicted molar refractivity (Wildman–Crippen MR) is 78.2 cm³/mol. The fourth-order valence-electron chi connectivity index (χ4n) is 3.43. The van der Waals surface area contributed by atoms with Crippen LogP contribution in [0.1, 0.15) is 57.6 Å². The second-order valence-corrected chi connectivity index (χ2v) is 7.07. The maximum atomic E-state index is 10.5. The van der Waals surface area contributed by atoms with E-state index < -0.39 is 6.10 Å². The molecule has 1 aromatic carbocycles. The van der Waals surface area contributed by atoms with Crippen LogP contribution in [0.25, 0.3) is 0 Å². The minimum atomic E-state index is -0.449. The van der Waals surface area contributed by atoms with Gasteiger partial charge in [0.05, 0.1) is 13.2 Å². The van der Waals surface area contributed by atoms with Gasteiger partial charge in [-0.15, -0.1) is 0 Å². The monoisotopic (exact) mass is 276 g/mol. The molecule has 0 saturated heterocycles. The van der Waals surface area contributed by atoms with Crippen molar-refractivity contribution >= 4 is 0 Å². The lowest BCUT2D eigenvalue weighted by Crippen LogP contribution is -2.45. The van der Waals surface area contributed by atoms with Crippen LogP contribution in [0.3, 0.4) is 0 Å². The van der Waals surface area contributed by atoms with Gasteiger partial charge in [-0.25, -0.2) is 0 Å². The van der Waals surface area contributed by atoms with Gasteiger partial charge in [-0.3, -0.25) is 0 Å². The van der Waals surface area contributed by atoms with Crippen LogP contribution in [0.2, 0.25) is 0 Å². The van der Waals surface area contributed by atoms with Gasteiger partial charge >= 0.3 is 0 Å². The molecule has 0 bridgehead atoms. The van der Waals surface area contributed by atoms with Crippen molar-refractivity contribution in [2.75, 3.05) is 7.11 Å². The van der Waals surface area contributed by atoms with Crippen molar-refractivity contribution in [2.45, 2.75) is 57.7 Å². The van der Waals surface area contributed by atoms with E-state index in [9.17, 15) is 5.11 Å².